The molecule has 1 N–H and O–H groups in total. The van der Waals surface area contributed by atoms with Gasteiger partial charge in [-0.15, -0.1) is 0 Å². The highest BCUT2D eigenvalue weighted by Crippen LogP contribution is 2.24. The number of nitrogens with one attached hydrogen (secondary N) is 1. The van der Waals surface area contributed by atoms with Crippen LogP contribution >= 0.6 is 0 Å². The van der Waals surface area contributed by atoms with Gasteiger partial charge < -0.3 is 14.6 Å². The van der Waals surface area contributed by atoms with Crippen molar-refractivity contribution in [2.45, 2.75) is 65.1 Å². The Morgan fingerprint density at radius 2 is 2.20 bits per heavy atom. The molecule has 1 saturated heterocycles. The quantitative estimate of drug-likeness (QED) is 0.921. The van der Waals surface area contributed by atoms with E-state index in [2.05, 4.69) is 19.2 Å². The molecule has 0 aromatic carbocycles. The lowest BCUT2D eigenvalue weighted by molar-refractivity contribution is -0.141. The second-order valence-corrected chi connectivity index (χ2v) is 6.26. The molecule has 2 rings (SSSR count). The minimum atomic E-state index is -0.426. The molecule has 112 valence electrons. The van der Waals surface area contributed by atoms with Gasteiger partial charge in [-0.2, -0.15) is 0 Å². The molecule has 4 nitrogen and oxygen atoms in total. The smallest absolute Gasteiger partial charge is 0.243 e. The average Bonchev–Trinajstić information content (AvgIpc) is 2.81. The molecule has 0 aliphatic carbocycles. The summed E-state index contributed by atoms with van der Waals surface area (Å²) in [6.45, 7) is 9.53. The van der Waals surface area contributed by atoms with Crippen LogP contribution in [0.2, 0.25) is 0 Å². The number of carbonyl (C=O) groups excluding carboxylic acids is 1. The number of hydrogen-bond donors (Lipinski definition) is 1. The summed E-state index contributed by atoms with van der Waals surface area (Å²) < 4.78 is 5.62. The van der Waals surface area contributed by atoms with Gasteiger partial charge >= 0.3 is 0 Å². The minimum Gasteiger partial charge on any atom is -0.464 e. The number of carbonyl (C=O) groups is 1. The second-order valence-electron chi connectivity index (χ2n) is 6.26. The number of aryl methyl sites for hydroxylation is 1. The molecule has 1 amide bonds. The molecule has 1 fully saturated rings. The Hall–Kier alpha value is -1.29. The van der Waals surface area contributed by atoms with Crippen LogP contribution in [0, 0.1) is 6.92 Å². The minimum absolute atomic E-state index is 0.161. The monoisotopic (exact) mass is 278 g/mol. The molecule has 1 atom stereocenters. The maximum absolute atomic E-state index is 12.9. The Morgan fingerprint density at radius 3 is 2.70 bits per heavy atom. The normalized spacial score (nSPS) is 23.1. The van der Waals surface area contributed by atoms with Gasteiger partial charge in [0.25, 0.3) is 0 Å². The molecule has 4 heteroatoms. The number of rotatable bonds is 4. The lowest BCUT2D eigenvalue weighted by atomic mass is 9.89. The van der Waals surface area contributed by atoms with Gasteiger partial charge in [0, 0.05) is 6.04 Å². The summed E-state index contributed by atoms with van der Waals surface area (Å²) in [6.07, 6.45) is 3.18. The van der Waals surface area contributed by atoms with Crippen LogP contribution < -0.4 is 5.32 Å². The van der Waals surface area contributed by atoms with Crippen LogP contribution in [0.4, 0.5) is 0 Å². The van der Waals surface area contributed by atoms with Crippen LogP contribution in [-0.4, -0.2) is 28.9 Å². The Labute approximate surface area is 121 Å². The number of nitrogens with zero attached hydrogens (tertiary/aromatic N) is 1. The fourth-order valence-electron chi connectivity index (χ4n) is 2.78. The zero-order chi connectivity index (χ0) is 14.8. The third-order valence-corrected chi connectivity index (χ3v) is 4.10. The van der Waals surface area contributed by atoms with E-state index in [0.717, 1.165) is 37.3 Å². The van der Waals surface area contributed by atoms with Gasteiger partial charge in [-0.05, 0) is 65.6 Å². The van der Waals surface area contributed by atoms with Gasteiger partial charge in [0.15, 0.2) is 0 Å². The van der Waals surface area contributed by atoms with E-state index in [0.29, 0.717) is 6.54 Å². The molecular formula is C16H26N2O2. The van der Waals surface area contributed by atoms with Crippen molar-refractivity contribution in [3.05, 3.63) is 23.7 Å². The highest BCUT2D eigenvalue weighted by Gasteiger charge is 2.38. The van der Waals surface area contributed by atoms with E-state index < -0.39 is 5.54 Å². The van der Waals surface area contributed by atoms with Crippen LogP contribution in [0.25, 0.3) is 0 Å². The van der Waals surface area contributed by atoms with Gasteiger partial charge in [-0.1, -0.05) is 0 Å². The molecule has 0 saturated carbocycles. The molecule has 1 unspecified atom stereocenters. The van der Waals surface area contributed by atoms with Crippen LogP contribution in [0.3, 0.4) is 0 Å². The van der Waals surface area contributed by atoms with Gasteiger partial charge in [-0.25, -0.2) is 0 Å². The molecule has 2 heterocycles. The standard InChI is InChI=1S/C16H26N2O2/c1-12(2)18(11-14-8-7-13(3)20-14)15(19)16(4)9-5-6-10-17-16/h7-8,12,17H,5-6,9-11H2,1-4H3. The van der Waals surface area contributed by atoms with Crippen LogP contribution in [0.1, 0.15) is 51.6 Å². The lowest BCUT2D eigenvalue weighted by Crippen LogP contribution is -2.59. The zero-order valence-electron chi connectivity index (χ0n) is 13.0. The molecule has 1 aromatic heterocycles. The van der Waals surface area contributed by atoms with E-state index in [1.165, 1.54) is 0 Å². The van der Waals surface area contributed by atoms with Crippen molar-refractivity contribution >= 4 is 5.91 Å². The highest BCUT2D eigenvalue weighted by atomic mass is 16.3. The molecular weight excluding hydrogens is 252 g/mol. The van der Waals surface area contributed by atoms with Crippen LogP contribution in [0.15, 0.2) is 16.5 Å². The Balaban J connectivity index is 2.13. The van der Waals surface area contributed by atoms with Crippen LogP contribution in [-0.2, 0) is 11.3 Å². The molecule has 0 spiro atoms. The van der Waals surface area contributed by atoms with Crippen molar-refractivity contribution < 1.29 is 9.21 Å². The van der Waals surface area contributed by atoms with Crippen LogP contribution in [0.5, 0.6) is 0 Å². The van der Waals surface area contributed by atoms with Crippen molar-refractivity contribution in [3.8, 4) is 0 Å². The summed E-state index contributed by atoms with van der Waals surface area (Å²) in [7, 11) is 0. The summed E-state index contributed by atoms with van der Waals surface area (Å²) in [6, 6.07) is 4.06. The van der Waals surface area contributed by atoms with Crippen molar-refractivity contribution in [2.75, 3.05) is 6.54 Å². The Bertz CT molecular complexity index is 459. The maximum Gasteiger partial charge on any atom is 0.243 e. The third-order valence-electron chi connectivity index (χ3n) is 4.10. The first kappa shape index (κ1) is 15.1. The zero-order valence-corrected chi connectivity index (χ0v) is 13.0. The number of hydrogen-bond acceptors (Lipinski definition) is 3. The number of amides is 1. The SMILES string of the molecule is Cc1ccc(CN(C(=O)C2(C)CCCCN2)C(C)C)o1. The van der Waals surface area contributed by atoms with Gasteiger partial charge in [0.2, 0.25) is 5.91 Å². The molecule has 1 aliphatic rings. The predicted molar refractivity (Wildman–Crippen MR) is 79.4 cm³/mol. The molecule has 0 radical (unpaired) electrons. The van der Waals surface area contributed by atoms with Crippen molar-refractivity contribution in [2.24, 2.45) is 0 Å². The van der Waals surface area contributed by atoms with Crippen molar-refractivity contribution in [3.63, 3.8) is 0 Å². The second kappa shape index (κ2) is 6.00. The van der Waals surface area contributed by atoms with Crippen molar-refractivity contribution in [1.82, 2.24) is 10.2 Å². The third kappa shape index (κ3) is 3.23. The molecule has 0 bridgehead atoms. The summed E-state index contributed by atoms with van der Waals surface area (Å²) in [4.78, 5) is 14.8. The summed E-state index contributed by atoms with van der Waals surface area (Å²) in [5, 5.41) is 3.40. The fourth-order valence-corrected chi connectivity index (χ4v) is 2.78. The summed E-state index contributed by atoms with van der Waals surface area (Å²) in [5.74, 6) is 1.92. The van der Waals surface area contributed by atoms with E-state index in [1.54, 1.807) is 0 Å². The van der Waals surface area contributed by atoms with E-state index >= 15 is 0 Å². The predicted octanol–water partition coefficient (Wildman–Crippen LogP) is 2.86. The first-order chi connectivity index (χ1) is 9.42. The van der Waals surface area contributed by atoms with Crippen molar-refractivity contribution in [1.29, 1.82) is 0 Å². The molecule has 1 aliphatic heterocycles. The lowest BCUT2D eigenvalue weighted by Gasteiger charge is -2.39. The topological polar surface area (TPSA) is 45.5 Å². The number of furan rings is 1. The maximum atomic E-state index is 12.9. The highest BCUT2D eigenvalue weighted by molar-refractivity contribution is 5.86. The fraction of sp³-hybridized carbons (Fsp3) is 0.688. The molecule has 1 aromatic rings. The first-order valence-corrected chi connectivity index (χ1v) is 7.54. The van der Waals surface area contributed by atoms with E-state index in [1.807, 2.05) is 30.9 Å². The van der Waals surface area contributed by atoms with Gasteiger partial charge in [-0.3, -0.25) is 4.79 Å². The van der Waals surface area contributed by atoms with Gasteiger partial charge in [0.05, 0.1) is 12.1 Å². The largest absolute Gasteiger partial charge is 0.464 e. The first-order valence-electron chi connectivity index (χ1n) is 7.54. The average molecular weight is 278 g/mol. The summed E-state index contributed by atoms with van der Waals surface area (Å²) >= 11 is 0. The van der Waals surface area contributed by atoms with E-state index in [9.17, 15) is 4.79 Å². The Kier molecular flexibility index (Phi) is 4.53. The Morgan fingerprint density at radius 1 is 1.45 bits per heavy atom. The van der Waals surface area contributed by atoms with E-state index in [4.69, 9.17) is 4.42 Å². The van der Waals surface area contributed by atoms with E-state index in [-0.39, 0.29) is 11.9 Å². The summed E-state index contributed by atoms with van der Waals surface area (Å²) in [5.41, 5.74) is -0.426. The molecule has 20 heavy (non-hydrogen) atoms. The number of piperidine rings is 1. The van der Waals surface area contributed by atoms with Gasteiger partial charge in [0.1, 0.15) is 11.5 Å².